The number of nitrogens with zero attached hydrogens (tertiary/aromatic N) is 5. The number of urea groups is 1. The molecule has 3 rings (SSSR count). The maximum atomic E-state index is 11.9. The lowest BCUT2D eigenvalue weighted by molar-refractivity contribution is -0.130. The van der Waals surface area contributed by atoms with E-state index in [9.17, 15) is 14.4 Å². The minimum Gasteiger partial charge on any atom is -0.450 e. The first kappa shape index (κ1) is 13.9. The standard InChI is InChI=1S/C12H12N6O4/c1-7-2-3-13-11-15-9(16-18(7)11)10(20)22-6-8(19)17-5-4-14-12(17)21/h2-3H,4-6H2,1H3,(H,14,21). The number of hydrogen-bond donors (Lipinski definition) is 1. The van der Waals surface area contributed by atoms with Gasteiger partial charge in [0, 0.05) is 25.0 Å². The third-order valence-electron chi connectivity index (χ3n) is 3.10. The number of aromatic nitrogens is 4. The fraction of sp³-hybridized carbons (Fsp3) is 0.333. The highest BCUT2D eigenvalue weighted by atomic mass is 16.5. The van der Waals surface area contributed by atoms with Crippen LogP contribution in [0.15, 0.2) is 12.3 Å². The van der Waals surface area contributed by atoms with Gasteiger partial charge in [-0.05, 0) is 13.0 Å². The number of fused-ring (bicyclic) bond motifs is 1. The van der Waals surface area contributed by atoms with Crippen LogP contribution in [0.25, 0.3) is 5.78 Å². The molecule has 0 unspecified atom stereocenters. The second-order valence-corrected chi connectivity index (χ2v) is 4.59. The summed E-state index contributed by atoms with van der Waals surface area (Å²) in [5.74, 6) is -1.38. The first-order valence-electron chi connectivity index (χ1n) is 6.50. The molecule has 22 heavy (non-hydrogen) atoms. The van der Waals surface area contributed by atoms with Crippen molar-refractivity contribution in [1.82, 2.24) is 29.8 Å². The zero-order valence-corrected chi connectivity index (χ0v) is 11.6. The van der Waals surface area contributed by atoms with Crippen molar-refractivity contribution in [2.75, 3.05) is 19.7 Å². The van der Waals surface area contributed by atoms with Gasteiger partial charge in [-0.25, -0.2) is 19.1 Å². The van der Waals surface area contributed by atoms with E-state index in [1.54, 1.807) is 19.2 Å². The highest BCUT2D eigenvalue weighted by molar-refractivity contribution is 5.97. The van der Waals surface area contributed by atoms with Gasteiger partial charge >= 0.3 is 12.0 Å². The van der Waals surface area contributed by atoms with Gasteiger partial charge in [0.25, 0.3) is 17.5 Å². The molecule has 0 saturated carbocycles. The average molecular weight is 304 g/mol. The molecule has 0 aliphatic carbocycles. The molecule has 114 valence electrons. The lowest BCUT2D eigenvalue weighted by Crippen LogP contribution is -2.37. The maximum absolute atomic E-state index is 11.9. The minimum atomic E-state index is -0.849. The Morgan fingerprint density at radius 1 is 1.45 bits per heavy atom. The molecule has 10 heteroatoms. The first-order chi connectivity index (χ1) is 10.6. The van der Waals surface area contributed by atoms with Gasteiger partial charge in [0.15, 0.2) is 6.61 Å². The van der Waals surface area contributed by atoms with E-state index in [1.165, 1.54) is 4.52 Å². The normalized spacial score (nSPS) is 14.2. The largest absolute Gasteiger partial charge is 0.450 e. The Kier molecular flexibility index (Phi) is 3.41. The summed E-state index contributed by atoms with van der Waals surface area (Å²) in [6.45, 7) is 1.88. The number of carbonyl (C=O) groups excluding carboxylic acids is 3. The Bertz CT molecular complexity index is 770. The number of carbonyl (C=O) groups is 3. The number of hydrogen-bond acceptors (Lipinski definition) is 7. The van der Waals surface area contributed by atoms with Gasteiger partial charge in [-0.15, -0.1) is 5.10 Å². The van der Waals surface area contributed by atoms with Crippen LogP contribution in [0.4, 0.5) is 4.79 Å². The molecule has 1 saturated heterocycles. The summed E-state index contributed by atoms with van der Waals surface area (Å²) < 4.78 is 6.24. The van der Waals surface area contributed by atoms with Crippen LogP contribution in [-0.2, 0) is 9.53 Å². The van der Waals surface area contributed by atoms with Gasteiger partial charge in [-0.1, -0.05) is 0 Å². The lowest BCUT2D eigenvalue weighted by atomic mass is 10.5. The lowest BCUT2D eigenvalue weighted by Gasteiger charge is -2.11. The second-order valence-electron chi connectivity index (χ2n) is 4.59. The Labute approximate surface area is 124 Å². The predicted octanol–water partition coefficient (Wildman–Crippen LogP) is -0.859. The topological polar surface area (TPSA) is 119 Å². The summed E-state index contributed by atoms with van der Waals surface area (Å²) in [6.07, 6.45) is 1.55. The van der Waals surface area contributed by atoms with Crippen LogP contribution in [-0.4, -0.2) is 62.1 Å². The van der Waals surface area contributed by atoms with E-state index in [4.69, 9.17) is 4.74 Å². The quantitative estimate of drug-likeness (QED) is 0.733. The van der Waals surface area contributed by atoms with Crippen LogP contribution in [0.2, 0.25) is 0 Å². The highest BCUT2D eigenvalue weighted by Gasteiger charge is 2.27. The number of imide groups is 1. The Hall–Kier alpha value is -3.04. The molecule has 0 spiro atoms. The summed E-state index contributed by atoms with van der Waals surface area (Å²) in [5, 5.41) is 6.45. The summed E-state index contributed by atoms with van der Waals surface area (Å²) >= 11 is 0. The zero-order valence-electron chi connectivity index (χ0n) is 11.6. The molecule has 2 aromatic heterocycles. The third kappa shape index (κ3) is 2.45. The van der Waals surface area contributed by atoms with Gasteiger partial charge in [-0.3, -0.25) is 9.69 Å². The van der Waals surface area contributed by atoms with Crippen LogP contribution >= 0.6 is 0 Å². The van der Waals surface area contributed by atoms with Crippen molar-refractivity contribution in [3.63, 3.8) is 0 Å². The fourth-order valence-corrected chi connectivity index (χ4v) is 1.97. The summed E-state index contributed by atoms with van der Waals surface area (Å²) in [4.78, 5) is 43.8. The summed E-state index contributed by atoms with van der Waals surface area (Å²) in [7, 11) is 0. The van der Waals surface area contributed by atoms with Gasteiger partial charge in [0.1, 0.15) is 0 Å². The van der Waals surface area contributed by atoms with Crippen molar-refractivity contribution in [2.45, 2.75) is 6.92 Å². The SMILES string of the molecule is Cc1ccnc2nc(C(=O)OCC(=O)N3CCNC3=O)nn12. The maximum Gasteiger partial charge on any atom is 0.378 e. The predicted molar refractivity (Wildman–Crippen MR) is 70.9 cm³/mol. The molecule has 1 aliphatic rings. The fourth-order valence-electron chi connectivity index (χ4n) is 1.97. The van der Waals surface area contributed by atoms with E-state index in [2.05, 4.69) is 20.4 Å². The number of ether oxygens (including phenoxy) is 1. The van der Waals surface area contributed by atoms with Crippen molar-refractivity contribution in [3.05, 3.63) is 23.8 Å². The molecular weight excluding hydrogens is 292 g/mol. The van der Waals surface area contributed by atoms with E-state index in [-0.39, 0.29) is 18.1 Å². The Morgan fingerprint density at radius 3 is 2.95 bits per heavy atom. The molecule has 3 amide bonds. The zero-order chi connectivity index (χ0) is 15.7. The number of amides is 3. The van der Waals surface area contributed by atoms with Crippen LogP contribution in [0.3, 0.4) is 0 Å². The van der Waals surface area contributed by atoms with Crippen LogP contribution in [0, 0.1) is 6.92 Å². The van der Waals surface area contributed by atoms with E-state index in [0.29, 0.717) is 6.54 Å². The van der Waals surface area contributed by atoms with Crippen molar-refractivity contribution in [1.29, 1.82) is 0 Å². The van der Waals surface area contributed by atoms with Crippen molar-refractivity contribution in [2.24, 2.45) is 0 Å². The van der Waals surface area contributed by atoms with E-state index in [1.807, 2.05) is 0 Å². The monoisotopic (exact) mass is 304 g/mol. The van der Waals surface area contributed by atoms with Gasteiger partial charge < -0.3 is 10.1 Å². The summed E-state index contributed by atoms with van der Waals surface area (Å²) in [5.41, 5.74) is 0.751. The Balaban J connectivity index is 1.67. The molecule has 0 bridgehead atoms. The number of rotatable bonds is 3. The first-order valence-corrected chi connectivity index (χ1v) is 6.50. The van der Waals surface area contributed by atoms with Crippen molar-refractivity contribution >= 4 is 23.7 Å². The van der Waals surface area contributed by atoms with Crippen LogP contribution < -0.4 is 5.32 Å². The molecular formula is C12H12N6O4. The number of nitrogens with one attached hydrogen (secondary N) is 1. The molecule has 3 heterocycles. The minimum absolute atomic E-state index is 0.194. The third-order valence-corrected chi connectivity index (χ3v) is 3.10. The number of esters is 1. The molecule has 2 aromatic rings. The molecule has 1 fully saturated rings. The average Bonchev–Trinajstić information content (AvgIpc) is 3.11. The van der Waals surface area contributed by atoms with E-state index in [0.717, 1.165) is 10.6 Å². The van der Waals surface area contributed by atoms with Gasteiger partial charge in [0.05, 0.1) is 0 Å². The molecule has 1 aliphatic heterocycles. The van der Waals surface area contributed by atoms with Gasteiger partial charge in [-0.2, -0.15) is 4.98 Å². The molecule has 1 N–H and O–H groups in total. The molecule has 0 atom stereocenters. The van der Waals surface area contributed by atoms with E-state index >= 15 is 0 Å². The van der Waals surface area contributed by atoms with Crippen molar-refractivity contribution in [3.8, 4) is 0 Å². The summed E-state index contributed by atoms with van der Waals surface area (Å²) in [6, 6.07) is 1.22. The van der Waals surface area contributed by atoms with Crippen molar-refractivity contribution < 1.29 is 19.1 Å². The molecule has 0 radical (unpaired) electrons. The molecule has 0 aromatic carbocycles. The van der Waals surface area contributed by atoms with E-state index < -0.39 is 24.5 Å². The van der Waals surface area contributed by atoms with Gasteiger partial charge in [0.2, 0.25) is 0 Å². The smallest absolute Gasteiger partial charge is 0.378 e. The van der Waals surface area contributed by atoms with Crippen LogP contribution in [0.1, 0.15) is 16.3 Å². The second kappa shape index (κ2) is 5.39. The Morgan fingerprint density at radius 2 is 2.27 bits per heavy atom. The number of aryl methyl sites for hydroxylation is 1. The van der Waals surface area contributed by atoms with Crippen LogP contribution in [0.5, 0.6) is 0 Å². The highest BCUT2D eigenvalue weighted by Crippen LogP contribution is 2.04. The molecule has 10 nitrogen and oxygen atoms in total.